The highest BCUT2D eigenvalue weighted by atomic mass is 16.1. The van der Waals surface area contributed by atoms with Crippen molar-refractivity contribution in [2.24, 2.45) is 0 Å². The van der Waals surface area contributed by atoms with Gasteiger partial charge in [0.05, 0.1) is 17.7 Å². The molecule has 0 atom stereocenters. The Morgan fingerprint density at radius 2 is 2.33 bits per heavy atom. The van der Waals surface area contributed by atoms with Crippen molar-refractivity contribution in [1.82, 2.24) is 10.6 Å². The third kappa shape index (κ3) is 2.14. The van der Waals surface area contributed by atoms with Gasteiger partial charge in [-0.25, -0.2) is 0 Å². The molecular formula is C11H11N3O. The highest BCUT2D eigenvalue weighted by Gasteiger charge is 2.19. The highest BCUT2D eigenvalue weighted by Crippen LogP contribution is 2.04. The van der Waals surface area contributed by atoms with Crippen LogP contribution in [0.1, 0.15) is 15.9 Å². The number of rotatable bonds is 2. The fourth-order valence-corrected chi connectivity index (χ4v) is 1.39. The molecule has 4 nitrogen and oxygen atoms in total. The molecule has 1 amide bonds. The Morgan fingerprint density at radius 3 is 2.93 bits per heavy atom. The van der Waals surface area contributed by atoms with Crippen molar-refractivity contribution < 1.29 is 4.79 Å². The number of carbonyl (C=O) groups excluding carboxylic acids is 1. The predicted octanol–water partition coefficient (Wildman–Crippen LogP) is 0.260. The molecule has 1 aliphatic heterocycles. The predicted molar refractivity (Wildman–Crippen MR) is 55.3 cm³/mol. The number of nitrogens with zero attached hydrogens (tertiary/aromatic N) is 1. The first-order valence-corrected chi connectivity index (χ1v) is 4.81. The van der Waals surface area contributed by atoms with Crippen molar-refractivity contribution in [2.75, 3.05) is 13.1 Å². The summed E-state index contributed by atoms with van der Waals surface area (Å²) >= 11 is 0. The van der Waals surface area contributed by atoms with E-state index in [-0.39, 0.29) is 11.9 Å². The minimum atomic E-state index is -0.112. The van der Waals surface area contributed by atoms with Crippen LogP contribution in [0.2, 0.25) is 0 Å². The topological polar surface area (TPSA) is 64.9 Å². The van der Waals surface area contributed by atoms with E-state index in [2.05, 4.69) is 10.6 Å². The van der Waals surface area contributed by atoms with Crippen LogP contribution >= 0.6 is 0 Å². The molecule has 1 saturated heterocycles. The molecule has 0 saturated carbocycles. The van der Waals surface area contributed by atoms with Gasteiger partial charge in [-0.3, -0.25) is 4.79 Å². The first-order valence-electron chi connectivity index (χ1n) is 4.81. The van der Waals surface area contributed by atoms with Gasteiger partial charge in [0.15, 0.2) is 0 Å². The maximum atomic E-state index is 11.7. The third-order valence-corrected chi connectivity index (χ3v) is 2.37. The van der Waals surface area contributed by atoms with Gasteiger partial charge < -0.3 is 10.6 Å². The Hall–Kier alpha value is -1.86. The van der Waals surface area contributed by atoms with E-state index in [0.717, 1.165) is 13.1 Å². The molecule has 0 bridgehead atoms. The fourth-order valence-electron chi connectivity index (χ4n) is 1.39. The van der Waals surface area contributed by atoms with E-state index in [1.54, 1.807) is 24.3 Å². The Kier molecular flexibility index (Phi) is 2.66. The second-order valence-electron chi connectivity index (χ2n) is 3.52. The van der Waals surface area contributed by atoms with Gasteiger partial charge >= 0.3 is 0 Å². The van der Waals surface area contributed by atoms with Crippen molar-refractivity contribution >= 4 is 5.91 Å². The SMILES string of the molecule is N#Cc1cccc(C(=O)NC2CNC2)c1. The molecular weight excluding hydrogens is 190 g/mol. The molecule has 76 valence electrons. The van der Waals surface area contributed by atoms with Crippen molar-refractivity contribution in [3.8, 4) is 6.07 Å². The van der Waals surface area contributed by atoms with Crippen LogP contribution in [-0.2, 0) is 0 Å². The third-order valence-electron chi connectivity index (χ3n) is 2.37. The van der Waals surface area contributed by atoms with Crippen molar-refractivity contribution in [1.29, 1.82) is 5.26 Å². The van der Waals surface area contributed by atoms with Gasteiger partial charge in [-0.1, -0.05) is 6.07 Å². The number of nitriles is 1. The molecule has 0 aliphatic carbocycles. The summed E-state index contributed by atoms with van der Waals surface area (Å²) in [5, 5.41) is 14.6. The largest absolute Gasteiger partial charge is 0.347 e. The van der Waals surface area contributed by atoms with Gasteiger partial charge in [0.2, 0.25) is 0 Å². The lowest BCUT2D eigenvalue weighted by molar-refractivity contribution is 0.0924. The van der Waals surface area contributed by atoms with Crippen molar-refractivity contribution in [3.05, 3.63) is 35.4 Å². The summed E-state index contributed by atoms with van der Waals surface area (Å²) in [6.45, 7) is 1.65. The van der Waals surface area contributed by atoms with Gasteiger partial charge in [0.25, 0.3) is 5.91 Å². The smallest absolute Gasteiger partial charge is 0.251 e. The monoisotopic (exact) mass is 201 g/mol. The molecule has 1 heterocycles. The normalized spacial score (nSPS) is 15.1. The van der Waals surface area contributed by atoms with Gasteiger partial charge in [0.1, 0.15) is 0 Å². The first-order chi connectivity index (χ1) is 7.29. The maximum Gasteiger partial charge on any atom is 0.251 e. The van der Waals surface area contributed by atoms with Gasteiger partial charge in [-0.05, 0) is 18.2 Å². The second-order valence-corrected chi connectivity index (χ2v) is 3.52. The summed E-state index contributed by atoms with van der Waals surface area (Å²) in [5.41, 5.74) is 1.05. The lowest BCUT2D eigenvalue weighted by Crippen LogP contribution is -2.56. The minimum absolute atomic E-state index is 0.112. The van der Waals surface area contributed by atoms with Crippen LogP contribution in [0.15, 0.2) is 24.3 Å². The summed E-state index contributed by atoms with van der Waals surface area (Å²) in [6.07, 6.45) is 0. The summed E-state index contributed by atoms with van der Waals surface area (Å²) in [6, 6.07) is 8.94. The molecule has 0 unspecified atom stereocenters. The lowest BCUT2D eigenvalue weighted by Gasteiger charge is -2.27. The van der Waals surface area contributed by atoms with E-state index in [4.69, 9.17) is 5.26 Å². The van der Waals surface area contributed by atoms with Crippen LogP contribution in [0.4, 0.5) is 0 Å². The summed E-state index contributed by atoms with van der Waals surface area (Å²) < 4.78 is 0. The van der Waals surface area contributed by atoms with Crippen LogP contribution in [0.25, 0.3) is 0 Å². The quantitative estimate of drug-likeness (QED) is 0.721. The Labute approximate surface area is 87.9 Å². The zero-order valence-corrected chi connectivity index (χ0v) is 8.16. The Bertz CT molecular complexity index is 418. The standard InChI is InChI=1S/C11H11N3O/c12-5-8-2-1-3-9(4-8)11(15)14-10-6-13-7-10/h1-4,10,13H,6-7H2,(H,14,15). The Balaban J connectivity index is 2.07. The molecule has 15 heavy (non-hydrogen) atoms. The average molecular weight is 201 g/mol. The summed E-state index contributed by atoms with van der Waals surface area (Å²) in [5.74, 6) is -0.112. The molecule has 0 aromatic heterocycles. The molecule has 2 N–H and O–H groups in total. The maximum absolute atomic E-state index is 11.7. The molecule has 2 rings (SSSR count). The van der Waals surface area contributed by atoms with Crippen LogP contribution in [0.3, 0.4) is 0 Å². The number of hydrogen-bond donors (Lipinski definition) is 2. The number of amides is 1. The number of benzene rings is 1. The zero-order chi connectivity index (χ0) is 10.7. The fraction of sp³-hybridized carbons (Fsp3) is 0.273. The zero-order valence-electron chi connectivity index (χ0n) is 8.16. The van der Waals surface area contributed by atoms with Gasteiger partial charge in [0, 0.05) is 18.7 Å². The van der Waals surface area contributed by atoms with Crippen molar-refractivity contribution in [3.63, 3.8) is 0 Å². The lowest BCUT2D eigenvalue weighted by atomic mass is 10.1. The molecule has 0 radical (unpaired) electrons. The van der Waals surface area contributed by atoms with E-state index in [9.17, 15) is 4.79 Å². The number of carbonyl (C=O) groups is 1. The number of nitrogens with one attached hydrogen (secondary N) is 2. The van der Waals surface area contributed by atoms with Crippen LogP contribution in [0, 0.1) is 11.3 Å². The van der Waals surface area contributed by atoms with Crippen molar-refractivity contribution in [2.45, 2.75) is 6.04 Å². The van der Waals surface area contributed by atoms with Crippen LogP contribution in [-0.4, -0.2) is 25.0 Å². The van der Waals surface area contributed by atoms with Crippen LogP contribution in [0.5, 0.6) is 0 Å². The second kappa shape index (κ2) is 4.11. The highest BCUT2D eigenvalue weighted by molar-refractivity contribution is 5.94. The molecule has 1 aromatic carbocycles. The van der Waals surface area contributed by atoms with Gasteiger partial charge in [-0.2, -0.15) is 5.26 Å². The molecule has 1 aromatic rings. The van der Waals surface area contributed by atoms with E-state index >= 15 is 0 Å². The summed E-state index contributed by atoms with van der Waals surface area (Å²) in [4.78, 5) is 11.7. The number of hydrogen-bond acceptors (Lipinski definition) is 3. The molecule has 0 spiro atoms. The molecule has 4 heteroatoms. The van der Waals surface area contributed by atoms with E-state index in [1.165, 1.54) is 0 Å². The first kappa shape index (κ1) is 9.69. The van der Waals surface area contributed by atoms with E-state index in [1.807, 2.05) is 6.07 Å². The van der Waals surface area contributed by atoms with E-state index in [0.29, 0.717) is 11.1 Å². The van der Waals surface area contributed by atoms with Gasteiger partial charge in [-0.15, -0.1) is 0 Å². The van der Waals surface area contributed by atoms with Crippen LogP contribution < -0.4 is 10.6 Å². The Morgan fingerprint density at radius 1 is 1.53 bits per heavy atom. The average Bonchev–Trinajstić information content (AvgIpc) is 2.23. The summed E-state index contributed by atoms with van der Waals surface area (Å²) in [7, 11) is 0. The minimum Gasteiger partial charge on any atom is -0.347 e. The molecule has 1 fully saturated rings. The van der Waals surface area contributed by atoms with E-state index < -0.39 is 0 Å². The molecule has 1 aliphatic rings.